The molecule has 5 nitrogen and oxygen atoms in total. The molecule has 0 aliphatic carbocycles. The van der Waals surface area contributed by atoms with Gasteiger partial charge >= 0.3 is 14.1 Å². The van der Waals surface area contributed by atoms with Crippen LogP contribution in [-0.2, 0) is 9.47 Å². The number of anilines is 1. The molecule has 0 radical (unpaired) electrons. The number of carbonyl (C=O) groups is 1. The zero-order valence-corrected chi connectivity index (χ0v) is 15.2. The molecule has 11 heteroatoms. The van der Waals surface area contributed by atoms with Gasteiger partial charge in [-0.3, -0.25) is 4.98 Å². The highest BCUT2D eigenvalue weighted by atomic mass is 35.6. The van der Waals surface area contributed by atoms with E-state index >= 15 is 0 Å². The fourth-order valence-electron chi connectivity index (χ4n) is 0.852. The first kappa shape index (κ1) is 21.0. The second kappa shape index (κ2) is 9.18. The number of ether oxygens (including phenoxy) is 2. The maximum Gasteiger partial charge on any atom is 0.515 e. The number of halogens is 6. The van der Waals surface area contributed by atoms with E-state index in [2.05, 4.69) is 14.5 Å². The molecule has 1 aromatic rings. The average molecular weight is 419 g/mol. The van der Waals surface area contributed by atoms with Crippen molar-refractivity contribution in [2.75, 3.05) is 19.0 Å². The van der Waals surface area contributed by atoms with Crippen molar-refractivity contribution in [1.82, 2.24) is 4.98 Å². The first-order valence-corrected chi connectivity index (χ1v) is 7.30. The standard InChI is InChI=1S/C7H10N2.C3Cl6O3/c1-9(2)7-3-5-8-6-4-7;4-2(5,6)11-1(10)12-3(7,8)9/h3-6H,1-2H3;. The Morgan fingerprint density at radius 1 is 1.00 bits per heavy atom. The van der Waals surface area contributed by atoms with Gasteiger partial charge in [0.2, 0.25) is 0 Å². The Bertz CT molecular complexity index is 415. The summed E-state index contributed by atoms with van der Waals surface area (Å²) >= 11 is 30.2. The molecule has 0 aromatic carbocycles. The van der Waals surface area contributed by atoms with Gasteiger partial charge in [-0.1, -0.05) is 0 Å². The number of hydrogen-bond donors (Lipinski definition) is 0. The van der Waals surface area contributed by atoms with Gasteiger partial charge in [0.1, 0.15) is 0 Å². The van der Waals surface area contributed by atoms with Gasteiger partial charge in [-0.25, -0.2) is 4.79 Å². The van der Waals surface area contributed by atoms with E-state index in [1.54, 1.807) is 12.4 Å². The molecule has 1 heterocycles. The zero-order chi connectivity index (χ0) is 16.7. The maximum atomic E-state index is 10.5. The second-order valence-electron chi connectivity index (χ2n) is 3.45. The van der Waals surface area contributed by atoms with E-state index in [4.69, 9.17) is 69.6 Å². The SMILES string of the molecule is CN(C)c1ccncc1.O=C(OC(Cl)(Cl)Cl)OC(Cl)(Cl)Cl. The second-order valence-corrected chi connectivity index (χ2v) is 7.80. The Morgan fingerprint density at radius 2 is 1.38 bits per heavy atom. The Labute approximate surface area is 151 Å². The van der Waals surface area contributed by atoms with Gasteiger partial charge in [-0.15, -0.1) is 0 Å². The molecule has 1 rings (SSSR count). The molecule has 0 saturated heterocycles. The van der Waals surface area contributed by atoms with E-state index in [0.717, 1.165) is 0 Å². The highest BCUT2D eigenvalue weighted by Crippen LogP contribution is 2.32. The fourth-order valence-corrected chi connectivity index (χ4v) is 1.23. The van der Waals surface area contributed by atoms with Gasteiger partial charge in [-0.05, 0) is 81.7 Å². The van der Waals surface area contributed by atoms with Gasteiger partial charge in [0.05, 0.1) is 0 Å². The predicted molar refractivity (Wildman–Crippen MR) is 86.7 cm³/mol. The van der Waals surface area contributed by atoms with E-state index in [9.17, 15) is 4.79 Å². The van der Waals surface area contributed by atoms with Crippen molar-refractivity contribution < 1.29 is 14.3 Å². The summed E-state index contributed by atoms with van der Waals surface area (Å²) in [5.41, 5.74) is 1.19. The molecule has 0 amide bonds. The molecule has 21 heavy (non-hydrogen) atoms. The summed E-state index contributed by atoms with van der Waals surface area (Å²) in [5.74, 6) is 0. The summed E-state index contributed by atoms with van der Waals surface area (Å²) < 4.78 is 3.50. The van der Waals surface area contributed by atoms with Crippen molar-refractivity contribution in [3.8, 4) is 0 Å². The zero-order valence-electron chi connectivity index (χ0n) is 10.7. The van der Waals surface area contributed by atoms with Crippen LogP contribution in [0.3, 0.4) is 0 Å². The molecular formula is C10H10Cl6N2O3. The number of nitrogens with zero attached hydrogens (tertiary/aromatic N) is 2. The van der Waals surface area contributed by atoms with Crippen LogP contribution in [0.1, 0.15) is 0 Å². The molecule has 0 fully saturated rings. The Kier molecular flexibility index (Phi) is 9.16. The molecule has 0 unspecified atom stereocenters. The summed E-state index contributed by atoms with van der Waals surface area (Å²) in [6.45, 7) is 0. The number of pyridine rings is 1. The van der Waals surface area contributed by atoms with E-state index in [1.807, 2.05) is 31.1 Å². The lowest BCUT2D eigenvalue weighted by molar-refractivity contribution is 0.0508. The molecule has 0 spiro atoms. The van der Waals surface area contributed by atoms with Crippen LogP contribution < -0.4 is 4.90 Å². The van der Waals surface area contributed by atoms with Crippen molar-refractivity contribution in [2.24, 2.45) is 0 Å². The summed E-state index contributed by atoms with van der Waals surface area (Å²) in [4.78, 5) is 16.5. The number of hydrogen-bond acceptors (Lipinski definition) is 5. The van der Waals surface area contributed by atoms with Gasteiger partial charge in [0, 0.05) is 32.2 Å². The molecule has 0 bridgehead atoms. The quantitative estimate of drug-likeness (QED) is 0.477. The Morgan fingerprint density at radius 3 is 1.62 bits per heavy atom. The summed E-state index contributed by atoms with van der Waals surface area (Å²) in [6, 6.07) is 3.94. The summed E-state index contributed by atoms with van der Waals surface area (Å²) in [5, 5.41) is 0. The summed E-state index contributed by atoms with van der Waals surface area (Å²) in [6.07, 6.45) is 2.17. The lowest BCUT2D eigenvalue weighted by atomic mass is 10.4. The fraction of sp³-hybridized carbons (Fsp3) is 0.400. The van der Waals surface area contributed by atoms with Gasteiger partial charge in [0.15, 0.2) is 0 Å². The topological polar surface area (TPSA) is 51.7 Å². The third-order valence-electron chi connectivity index (χ3n) is 1.58. The lowest BCUT2D eigenvalue weighted by Gasteiger charge is -2.15. The molecular weight excluding hydrogens is 409 g/mol. The molecule has 0 N–H and O–H groups in total. The highest BCUT2D eigenvalue weighted by Gasteiger charge is 2.32. The first-order valence-electron chi connectivity index (χ1n) is 5.03. The van der Waals surface area contributed by atoms with Crippen LogP contribution in [0.4, 0.5) is 10.5 Å². The van der Waals surface area contributed by atoms with E-state index in [0.29, 0.717) is 0 Å². The van der Waals surface area contributed by atoms with Gasteiger partial charge in [-0.2, -0.15) is 0 Å². The van der Waals surface area contributed by atoms with Crippen LogP contribution >= 0.6 is 69.6 Å². The minimum atomic E-state index is -2.24. The molecule has 0 aliphatic rings. The Balaban J connectivity index is 0.000000394. The predicted octanol–water partition coefficient (Wildman–Crippen LogP) is 4.94. The smallest absolute Gasteiger partial charge is 0.382 e. The van der Waals surface area contributed by atoms with E-state index < -0.39 is 14.1 Å². The minimum Gasteiger partial charge on any atom is -0.382 e. The van der Waals surface area contributed by atoms with Crippen LogP contribution in [0.15, 0.2) is 24.5 Å². The molecule has 120 valence electrons. The molecule has 1 aromatic heterocycles. The lowest BCUT2D eigenvalue weighted by Crippen LogP contribution is -2.22. The van der Waals surface area contributed by atoms with Crippen LogP contribution in [0.2, 0.25) is 0 Å². The van der Waals surface area contributed by atoms with Crippen LogP contribution in [0, 0.1) is 0 Å². The third-order valence-corrected chi connectivity index (χ3v) is 2.04. The largest absolute Gasteiger partial charge is 0.515 e. The number of aromatic nitrogens is 1. The molecule has 0 aliphatic heterocycles. The number of alkyl halides is 6. The Hall–Kier alpha value is -0.0400. The minimum absolute atomic E-state index is 1.19. The van der Waals surface area contributed by atoms with Crippen LogP contribution in [0.5, 0.6) is 0 Å². The maximum absolute atomic E-state index is 10.5. The molecule has 0 atom stereocenters. The normalized spacial score (nSPS) is 11.0. The van der Waals surface area contributed by atoms with Crippen molar-refractivity contribution in [3.05, 3.63) is 24.5 Å². The van der Waals surface area contributed by atoms with Crippen molar-refractivity contribution in [1.29, 1.82) is 0 Å². The van der Waals surface area contributed by atoms with E-state index in [1.165, 1.54) is 5.69 Å². The summed E-state index contributed by atoms with van der Waals surface area (Å²) in [7, 11) is 4.02. The van der Waals surface area contributed by atoms with Crippen molar-refractivity contribution in [3.63, 3.8) is 0 Å². The van der Waals surface area contributed by atoms with E-state index in [-0.39, 0.29) is 0 Å². The van der Waals surface area contributed by atoms with Gasteiger partial charge < -0.3 is 14.4 Å². The van der Waals surface area contributed by atoms with Crippen molar-refractivity contribution >= 4 is 81.4 Å². The number of rotatable bonds is 1. The number of carbonyl (C=O) groups excluding carboxylic acids is 1. The highest BCUT2D eigenvalue weighted by molar-refractivity contribution is 6.67. The van der Waals surface area contributed by atoms with Crippen LogP contribution in [0.25, 0.3) is 0 Å². The van der Waals surface area contributed by atoms with Gasteiger partial charge in [0.25, 0.3) is 0 Å². The monoisotopic (exact) mass is 416 g/mol. The molecule has 0 saturated carbocycles. The first-order chi connectivity index (χ1) is 9.41. The van der Waals surface area contributed by atoms with Crippen LogP contribution in [-0.4, -0.2) is 33.2 Å². The third kappa shape index (κ3) is 13.4. The van der Waals surface area contributed by atoms with Crippen molar-refractivity contribution in [2.45, 2.75) is 7.96 Å². The average Bonchev–Trinajstić information content (AvgIpc) is 2.25.